The van der Waals surface area contributed by atoms with E-state index in [2.05, 4.69) is 58.7 Å². The van der Waals surface area contributed by atoms with Crippen molar-refractivity contribution < 1.29 is 9.47 Å². The summed E-state index contributed by atoms with van der Waals surface area (Å²) in [6.07, 6.45) is 2.56. The summed E-state index contributed by atoms with van der Waals surface area (Å²) >= 11 is 0. The van der Waals surface area contributed by atoms with Crippen molar-refractivity contribution >= 4 is 17.5 Å². The summed E-state index contributed by atoms with van der Waals surface area (Å²) in [5, 5.41) is 6.60. The van der Waals surface area contributed by atoms with E-state index < -0.39 is 0 Å². The molecule has 0 spiro atoms. The number of nitrogens with one attached hydrogen (secondary N) is 2. The first-order valence-electron chi connectivity index (χ1n) is 9.74. The van der Waals surface area contributed by atoms with Gasteiger partial charge in [0.2, 0.25) is 5.95 Å². The van der Waals surface area contributed by atoms with Crippen LogP contribution in [-0.2, 0) is 6.42 Å². The van der Waals surface area contributed by atoms with Gasteiger partial charge in [-0.15, -0.1) is 0 Å². The number of anilines is 3. The number of aromatic nitrogens is 2. The molecular formula is C23H28N4O2. The van der Waals surface area contributed by atoms with E-state index in [-0.39, 0.29) is 0 Å². The van der Waals surface area contributed by atoms with Crippen LogP contribution in [0.25, 0.3) is 0 Å². The van der Waals surface area contributed by atoms with Gasteiger partial charge in [-0.1, -0.05) is 32.0 Å². The van der Waals surface area contributed by atoms with E-state index in [9.17, 15) is 0 Å². The van der Waals surface area contributed by atoms with Crippen LogP contribution in [-0.4, -0.2) is 30.7 Å². The van der Waals surface area contributed by atoms with Crippen LogP contribution in [0, 0.1) is 0 Å². The second kappa shape index (κ2) is 9.78. The van der Waals surface area contributed by atoms with Crippen molar-refractivity contribution in [3.8, 4) is 11.5 Å². The minimum atomic E-state index is 0.518. The van der Waals surface area contributed by atoms with Gasteiger partial charge in [0, 0.05) is 18.4 Å². The molecule has 3 aromatic rings. The number of hydrogen-bond acceptors (Lipinski definition) is 6. The Balaban J connectivity index is 1.57. The van der Waals surface area contributed by atoms with Gasteiger partial charge in [-0.3, -0.25) is 0 Å². The van der Waals surface area contributed by atoms with Crippen LogP contribution in [0.3, 0.4) is 0 Å². The first-order chi connectivity index (χ1) is 14.1. The van der Waals surface area contributed by atoms with Gasteiger partial charge in [-0.05, 0) is 53.8 Å². The van der Waals surface area contributed by atoms with Crippen LogP contribution in [0.15, 0.2) is 54.7 Å². The lowest BCUT2D eigenvalue weighted by atomic mass is 10.0. The molecule has 29 heavy (non-hydrogen) atoms. The number of nitrogens with zero attached hydrogens (tertiary/aromatic N) is 2. The number of rotatable bonds is 9. The third kappa shape index (κ3) is 5.60. The van der Waals surface area contributed by atoms with Crippen molar-refractivity contribution in [3.63, 3.8) is 0 Å². The first-order valence-corrected chi connectivity index (χ1v) is 9.74. The van der Waals surface area contributed by atoms with Crippen LogP contribution < -0.4 is 20.1 Å². The van der Waals surface area contributed by atoms with Gasteiger partial charge in [0.15, 0.2) is 11.5 Å². The van der Waals surface area contributed by atoms with E-state index in [1.54, 1.807) is 20.4 Å². The lowest BCUT2D eigenvalue weighted by Crippen LogP contribution is -2.09. The number of benzene rings is 2. The van der Waals surface area contributed by atoms with Crippen LogP contribution >= 0.6 is 0 Å². The fourth-order valence-electron chi connectivity index (χ4n) is 2.97. The third-order valence-corrected chi connectivity index (χ3v) is 4.65. The Hall–Kier alpha value is -3.28. The van der Waals surface area contributed by atoms with Gasteiger partial charge in [0.05, 0.1) is 14.2 Å². The molecule has 6 heteroatoms. The monoisotopic (exact) mass is 392 g/mol. The van der Waals surface area contributed by atoms with Crippen LogP contribution in [0.2, 0.25) is 0 Å². The summed E-state index contributed by atoms with van der Waals surface area (Å²) in [7, 11) is 3.28. The molecule has 2 aromatic carbocycles. The Morgan fingerprint density at radius 1 is 0.931 bits per heavy atom. The number of methoxy groups -OCH3 is 2. The fraction of sp³-hybridized carbons (Fsp3) is 0.304. The molecule has 0 radical (unpaired) electrons. The molecule has 0 aliphatic rings. The Morgan fingerprint density at radius 3 is 2.38 bits per heavy atom. The second-order valence-corrected chi connectivity index (χ2v) is 7.03. The SMILES string of the molecule is COc1ccc(CCNc2nccc(Nc3ccc(C(C)C)cc3)n2)cc1OC. The van der Waals surface area contributed by atoms with Gasteiger partial charge in [0.25, 0.3) is 0 Å². The average Bonchev–Trinajstić information content (AvgIpc) is 2.74. The highest BCUT2D eigenvalue weighted by Crippen LogP contribution is 2.27. The molecule has 2 N–H and O–H groups in total. The molecule has 0 bridgehead atoms. The number of hydrogen-bond donors (Lipinski definition) is 2. The van der Waals surface area contributed by atoms with Gasteiger partial charge in [-0.2, -0.15) is 4.98 Å². The maximum absolute atomic E-state index is 5.36. The molecule has 0 fully saturated rings. The molecule has 0 aliphatic heterocycles. The van der Waals surface area contributed by atoms with E-state index in [1.165, 1.54) is 5.56 Å². The van der Waals surface area contributed by atoms with Crippen molar-refractivity contribution in [1.29, 1.82) is 0 Å². The molecule has 0 atom stereocenters. The molecule has 3 rings (SSSR count). The van der Waals surface area contributed by atoms with E-state index in [0.29, 0.717) is 18.4 Å². The highest BCUT2D eigenvalue weighted by atomic mass is 16.5. The maximum Gasteiger partial charge on any atom is 0.224 e. The second-order valence-electron chi connectivity index (χ2n) is 7.03. The maximum atomic E-state index is 5.36. The van der Waals surface area contributed by atoms with Gasteiger partial charge in [-0.25, -0.2) is 4.98 Å². The minimum Gasteiger partial charge on any atom is -0.493 e. The lowest BCUT2D eigenvalue weighted by molar-refractivity contribution is 0.354. The molecular weight excluding hydrogens is 364 g/mol. The highest BCUT2D eigenvalue weighted by molar-refractivity contribution is 5.57. The molecule has 152 valence electrons. The average molecular weight is 393 g/mol. The summed E-state index contributed by atoms with van der Waals surface area (Å²) in [4.78, 5) is 8.84. The molecule has 1 aromatic heterocycles. The molecule has 0 saturated heterocycles. The largest absolute Gasteiger partial charge is 0.493 e. The van der Waals surface area contributed by atoms with Crippen LogP contribution in [0.5, 0.6) is 11.5 Å². The van der Waals surface area contributed by atoms with Crippen molar-refractivity contribution in [2.45, 2.75) is 26.2 Å². The molecule has 0 saturated carbocycles. The summed E-state index contributed by atoms with van der Waals surface area (Å²) in [6, 6.07) is 16.2. The van der Waals surface area contributed by atoms with Crippen molar-refractivity contribution in [1.82, 2.24) is 9.97 Å². The van der Waals surface area contributed by atoms with Gasteiger partial charge < -0.3 is 20.1 Å². The zero-order valence-corrected chi connectivity index (χ0v) is 17.4. The van der Waals surface area contributed by atoms with E-state index in [0.717, 1.165) is 35.0 Å². The molecule has 0 amide bonds. The quantitative estimate of drug-likeness (QED) is 0.533. The molecule has 1 heterocycles. The zero-order valence-electron chi connectivity index (χ0n) is 17.4. The lowest BCUT2D eigenvalue weighted by Gasteiger charge is -2.11. The van der Waals surface area contributed by atoms with Crippen LogP contribution in [0.1, 0.15) is 30.9 Å². The van der Waals surface area contributed by atoms with Crippen molar-refractivity contribution in [3.05, 3.63) is 65.9 Å². The van der Waals surface area contributed by atoms with E-state index in [4.69, 9.17) is 9.47 Å². The standard InChI is InChI=1S/C23H28N4O2/c1-16(2)18-6-8-19(9-7-18)26-22-12-14-25-23(27-22)24-13-11-17-5-10-20(28-3)21(15-17)29-4/h5-10,12,14-16H,11,13H2,1-4H3,(H2,24,25,26,27). The van der Waals surface area contributed by atoms with Crippen LogP contribution in [0.4, 0.5) is 17.5 Å². The summed E-state index contributed by atoms with van der Waals surface area (Å²) in [5.74, 6) is 3.33. The summed E-state index contributed by atoms with van der Waals surface area (Å²) in [5.41, 5.74) is 3.47. The normalized spacial score (nSPS) is 10.7. The molecule has 0 unspecified atom stereocenters. The van der Waals surface area contributed by atoms with E-state index >= 15 is 0 Å². The van der Waals surface area contributed by atoms with Gasteiger partial charge in [0.1, 0.15) is 5.82 Å². The molecule has 0 aliphatic carbocycles. The van der Waals surface area contributed by atoms with E-state index in [1.807, 2.05) is 24.3 Å². The zero-order chi connectivity index (χ0) is 20.6. The first kappa shape index (κ1) is 20.5. The third-order valence-electron chi connectivity index (χ3n) is 4.65. The predicted molar refractivity (Wildman–Crippen MR) is 118 cm³/mol. The minimum absolute atomic E-state index is 0.518. The van der Waals surface area contributed by atoms with Crippen molar-refractivity contribution in [2.75, 3.05) is 31.4 Å². The Kier molecular flexibility index (Phi) is 6.89. The summed E-state index contributed by atoms with van der Waals surface area (Å²) in [6.45, 7) is 5.08. The molecule has 6 nitrogen and oxygen atoms in total. The Bertz CT molecular complexity index is 926. The topological polar surface area (TPSA) is 68.3 Å². The fourth-order valence-corrected chi connectivity index (χ4v) is 2.97. The number of ether oxygens (including phenoxy) is 2. The predicted octanol–water partition coefficient (Wildman–Crippen LogP) is 5.02. The Morgan fingerprint density at radius 2 is 1.69 bits per heavy atom. The highest BCUT2D eigenvalue weighted by Gasteiger charge is 2.05. The van der Waals surface area contributed by atoms with Crippen molar-refractivity contribution in [2.24, 2.45) is 0 Å². The smallest absolute Gasteiger partial charge is 0.224 e. The van der Waals surface area contributed by atoms with Gasteiger partial charge >= 0.3 is 0 Å². The Labute approximate surface area is 172 Å². The summed E-state index contributed by atoms with van der Waals surface area (Å²) < 4.78 is 10.6.